The van der Waals surface area contributed by atoms with E-state index in [1.54, 1.807) is 13.0 Å². The lowest BCUT2D eigenvalue weighted by atomic mass is 9.95. The van der Waals surface area contributed by atoms with Crippen LogP contribution in [0.5, 0.6) is 0 Å². The van der Waals surface area contributed by atoms with Crippen molar-refractivity contribution in [1.82, 2.24) is 0 Å². The van der Waals surface area contributed by atoms with Gasteiger partial charge in [-0.3, -0.25) is 9.59 Å². The second-order valence-electron chi connectivity index (χ2n) is 4.45. The molecule has 2 rings (SSSR count). The number of aliphatic hydroxyl groups is 1. The van der Waals surface area contributed by atoms with Crippen molar-refractivity contribution in [3.63, 3.8) is 0 Å². The fourth-order valence-corrected chi connectivity index (χ4v) is 1.87. The van der Waals surface area contributed by atoms with E-state index >= 15 is 0 Å². The third kappa shape index (κ3) is 2.57. The van der Waals surface area contributed by atoms with E-state index < -0.39 is 0 Å². The number of ether oxygens (including phenoxy) is 1. The molecular weight excluding hydrogens is 220 g/mol. The number of ketones is 1. The number of aliphatic hydroxyl groups excluding tert-OH is 1. The van der Waals surface area contributed by atoms with Gasteiger partial charge in [0.25, 0.3) is 0 Å². The van der Waals surface area contributed by atoms with Gasteiger partial charge in [-0.25, -0.2) is 0 Å². The fourth-order valence-electron chi connectivity index (χ4n) is 1.87. The first-order chi connectivity index (χ1) is 8.13. The van der Waals surface area contributed by atoms with E-state index in [4.69, 9.17) is 4.74 Å². The Kier molecular flexibility index (Phi) is 3.31. The van der Waals surface area contributed by atoms with Crippen molar-refractivity contribution in [1.29, 1.82) is 0 Å². The molecule has 92 valence electrons. The summed E-state index contributed by atoms with van der Waals surface area (Å²) in [6.07, 6.45) is 4.80. The SMILES string of the molecule is C/C=C(\OC(=O)C1CC1)C1=C(O)CCCC1=O. The lowest BCUT2D eigenvalue weighted by Gasteiger charge is -2.17. The smallest absolute Gasteiger partial charge is 0.314 e. The van der Waals surface area contributed by atoms with Gasteiger partial charge >= 0.3 is 5.97 Å². The molecule has 0 unspecified atom stereocenters. The lowest BCUT2D eigenvalue weighted by Crippen LogP contribution is -2.17. The van der Waals surface area contributed by atoms with E-state index in [9.17, 15) is 14.7 Å². The van der Waals surface area contributed by atoms with Crippen LogP contribution in [0.15, 0.2) is 23.2 Å². The average Bonchev–Trinajstić information content (AvgIpc) is 3.10. The standard InChI is InChI=1S/C13H16O4/c1-2-11(17-13(16)8-6-7-8)12-9(14)4-3-5-10(12)15/h2,8,14H,3-7H2,1H3/b11-2-. The van der Waals surface area contributed by atoms with Crippen LogP contribution in [0, 0.1) is 5.92 Å². The molecule has 1 N–H and O–H groups in total. The minimum Gasteiger partial charge on any atom is -0.511 e. The first-order valence-electron chi connectivity index (χ1n) is 5.97. The Morgan fingerprint density at radius 1 is 1.41 bits per heavy atom. The van der Waals surface area contributed by atoms with Crippen molar-refractivity contribution < 1.29 is 19.4 Å². The maximum atomic E-state index is 11.7. The zero-order valence-electron chi connectivity index (χ0n) is 9.86. The highest BCUT2D eigenvalue weighted by Crippen LogP contribution is 2.33. The highest BCUT2D eigenvalue weighted by Gasteiger charge is 2.34. The Morgan fingerprint density at radius 3 is 2.65 bits per heavy atom. The van der Waals surface area contributed by atoms with E-state index in [0.717, 1.165) is 12.8 Å². The van der Waals surface area contributed by atoms with Crippen molar-refractivity contribution in [2.45, 2.75) is 39.0 Å². The summed E-state index contributed by atoms with van der Waals surface area (Å²) in [5.41, 5.74) is 0.188. The molecule has 0 amide bonds. The monoisotopic (exact) mass is 236 g/mol. The molecule has 0 radical (unpaired) electrons. The normalized spacial score (nSPS) is 21.7. The first-order valence-corrected chi connectivity index (χ1v) is 5.97. The number of carbonyl (C=O) groups is 2. The van der Waals surface area contributed by atoms with E-state index in [-0.39, 0.29) is 34.8 Å². The summed E-state index contributed by atoms with van der Waals surface area (Å²) in [5, 5.41) is 9.73. The molecule has 2 aliphatic rings. The molecule has 0 aromatic heterocycles. The van der Waals surface area contributed by atoms with Crippen LogP contribution in [0.3, 0.4) is 0 Å². The highest BCUT2D eigenvalue weighted by atomic mass is 16.5. The van der Waals surface area contributed by atoms with Gasteiger partial charge in [0.15, 0.2) is 5.78 Å². The van der Waals surface area contributed by atoms with Gasteiger partial charge < -0.3 is 9.84 Å². The Bertz CT molecular complexity index is 413. The van der Waals surface area contributed by atoms with Crippen LogP contribution in [0.4, 0.5) is 0 Å². The lowest BCUT2D eigenvalue weighted by molar-refractivity contribution is -0.140. The van der Waals surface area contributed by atoms with Crippen LogP contribution in [0.1, 0.15) is 39.0 Å². The molecule has 4 nitrogen and oxygen atoms in total. The van der Waals surface area contributed by atoms with Crippen molar-refractivity contribution in [3.05, 3.63) is 23.2 Å². The largest absolute Gasteiger partial charge is 0.511 e. The van der Waals surface area contributed by atoms with Crippen LogP contribution in [-0.2, 0) is 14.3 Å². The zero-order chi connectivity index (χ0) is 12.4. The number of esters is 1. The Labute approximate surface area is 100.0 Å². The number of hydrogen-bond acceptors (Lipinski definition) is 4. The zero-order valence-corrected chi connectivity index (χ0v) is 9.86. The van der Waals surface area contributed by atoms with Gasteiger partial charge in [0, 0.05) is 12.8 Å². The van der Waals surface area contributed by atoms with Crippen molar-refractivity contribution in [2.24, 2.45) is 5.92 Å². The number of carbonyl (C=O) groups excluding carboxylic acids is 2. The number of rotatable bonds is 3. The van der Waals surface area contributed by atoms with Gasteiger partial charge in [-0.2, -0.15) is 0 Å². The second kappa shape index (κ2) is 4.73. The summed E-state index contributed by atoms with van der Waals surface area (Å²) in [6.45, 7) is 1.69. The summed E-state index contributed by atoms with van der Waals surface area (Å²) in [4.78, 5) is 23.3. The molecule has 0 aliphatic heterocycles. The Morgan fingerprint density at radius 2 is 2.12 bits per heavy atom. The van der Waals surface area contributed by atoms with E-state index in [0.29, 0.717) is 19.3 Å². The second-order valence-corrected chi connectivity index (χ2v) is 4.45. The molecule has 0 saturated heterocycles. The maximum absolute atomic E-state index is 11.7. The van der Waals surface area contributed by atoms with Gasteiger partial charge in [0.1, 0.15) is 11.5 Å². The minimum atomic E-state index is -0.295. The molecule has 1 saturated carbocycles. The predicted octanol–water partition coefficient (Wildman–Crippen LogP) is 2.41. The predicted molar refractivity (Wildman–Crippen MR) is 61.1 cm³/mol. The third-order valence-electron chi connectivity index (χ3n) is 3.01. The number of allylic oxidation sites excluding steroid dienone is 3. The fraction of sp³-hybridized carbons (Fsp3) is 0.538. The molecule has 0 heterocycles. The molecule has 0 spiro atoms. The van der Waals surface area contributed by atoms with Gasteiger partial charge in [-0.15, -0.1) is 0 Å². The van der Waals surface area contributed by atoms with Gasteiger partial charge in [0.2, 0.25) is 0 Å². The van der Waals surface area contributed by atoms with E-state index in [1.165, 1.54) is 0 Å². The number of hydrogen-bond donors (Lipinski definition) is 1. The third-order valence-corrected chi connectivity index (χ3v) is 3.01. The Hall–Kier alpha value is -1.58. The number of Topliss-reactive ketones (excluding diaryl/α,β-unsaturated/α-hetero) is 1. The molecule has 4 heteroatoms. The van der Waals surface area contributed by atoms with Crippen molar-refractivity contribution in [3.8, 4) is 0 Å². The van der Waals surface area contributed by atoms with Gasteiger partial charge in [0.05, 0.1) is 11.5 Å². The topological polar surface area (TPSA) is 63.6 Å². The van der Waals surface area contributed by atoms with Gasteiger partial charge in [-0.05, 0) is 32.3 Å². The Balaban J connectivity index is 2.17. The summed E-state index contributed by atoms with van der Waals surface area (Å²) in [6, 6.07) is 0. The van der Waals surface area contributed by atoms with Crippen LogP contribution in [0.25, 0.3) is 0 Å². The molecule has 1 fully saturated rings. The average molecular weight is 236 g/mol. The maximum Gasteiger partial charge on any atom is 0.314 e. The van der Waals surface area contributed by atoms with Crippen LogP contribution < -0.4 is 0 Å². The van der Waals surface area contributed by atoms with Crippen LogP contribution in [-0.4, -0.2) is 16.9 Å². The van der Waals surface area contributed by atoms with Crippen molar-refractivity contribution >= 4 is 11.8 Å². The molecule has 2 aliphatic carbocycles. The molecule has 0 aromatic rings. The quantitative estimate of drug-likeness (QED) is 0.603. The summed E-state index contributed by atoms with van der Waals surface area (Å²) in [7, 11) is 0. The summed E-state index contributed by atoms with van der Waals surface area (Å²) >= 11 is 0. The molecular formula is C13H16O4. The van der Waals surface area contributed by atoms with Gasteiger partial charge in [-0.1, -0.05) is 0 Å². The van der Waals surface area contributed by atoms with E-state index in [1.807, 2.05) is 0 Å². The minimum absolute atomic E-state index is 0.0219. The highest BCUT2D eigenvalue weighted by molar-refractivity contribution is 6.00. The summed E-state index contributed by atoms with van der Waals surface area (Å²) < 4.78 is 5.19. The van der Waals surface area contributed by atoms with E-state index in [2.05, 4.69) is 0 Å². The summed E-state index contributed by atoms with van der Waals surface area (Å²) in [5.74, 6) is -0.212. The molecule has 17 heavy (non-hydrogen) atoms. The van der Waals surface area contributed by atoms with Crippen molar-refractivity contribution in [2.75, 3.05) is 0 Å². The van der Waals surface area contributed by atoms with Crippen LogP contribution in [0.2, 0.25) is 0 Å². The molecule has 0 bridgehead atoms. The molecule has 0 aromatic carbocycles. The first kappa shape index (κ1) is 11.9. The molecule has 0 atom stereocenters. The van der Waals surface area contributed by atoms with Crippen LogP contribution >= 0.6 is 0 Å².